The maximum Gasteiger partial charge on any atom is 0.274 e. The zero-order valence-electron chi connectivity index (χ0n) is 15.6. The highest BCUT2D eigenvalue weighted by Gasteiger charge is 2.28. The first-order valence-electron chi connectivity index (χ1n) is 8.56. The highest BCUT2D eigenvalue weighted by molar-refractivity contribution is 7.94. The number of hydrogen-bond donors (Lipinski definition) is 1. The van der Waals surface area contributed by atoms with Gasteiger partial charge < -0.3 is 5.32 Å². The Kier molecular flexibility index (Phi) is 6.13. The molecular weight excluding hydrogens is 433 g/mol. The lowest BCUT2D eigenvalue weighted by Gasteiger charge is -2.23. The predicted octanol–water partition coefficient (Wildman–Crippen LogP) is 3.94. The number of nitrogens with one attached hydrogen (secondary N) is 1. The SMILES string of the molecule is Cc1c(NC(=O)CN(c2ccc(F)cc2)S(=O)(=O)c2cccs2)cccc1[N+](=O)[O-]. The van der Waals surface area contributed by atoms with E-state index >= 15 is 0 Å². The van der Waals surface area contributed by atoms with E-state index in [-0.39, 0.29) is 26.8 Å². The number of carbonyl (C=O) groups is 1. The second-order valence-corrected chi connectivity index (χ2v) is 9.21. The molecule has 1 aromatic heterocycles. The van der Waals surface area contributed by atoms with Crippen LogP contribution in [0, 0.1) is 22.9 Å². The molecule has 8 nitrogen and oxygen atoms in total. The van der Waals surface area contributed by atoms with Crippen LogP contribution in [0.15, 0.2) is 64.2 Å². The Morgan fingerprint density at radius 1 is 1.17 bits per heavy atom. The first-order chi connectivity index (χ1) is 14.2. The van der Waals surface area contributed by atoms with Crippen LogP contribution < -0.4 is 9.62 Å². The molecule has 0 atom stereocenters. The molecule has 0 bridgehead atoms. The maximum atomic E-state index is 13.3. The van der Waals surface area contributed by atoms with Crippen LogP contribution in [0.5, 0.6) is 0 Å². The normalized spacial score (nSPS) is 11.1. The van der Waals surface area contributed by atoms with Crippen LogP contribution in [-0.2, 0) is 14.8 Å². The van der Waals surface area contributed by atoms with E-state index < -0.39 is 33.2 Å². The van der Waals surface area contributed by atoms with E-state index in [4.69, 9.17) is 0 Å². The Bertz CT molecular complexity index is 1180. The number of nitro benzene ring substituents is 1. The Balaban J connectivity index is 1.92. The fraction of sp³-hybridized carbons (Fsp3) is 0.105. The Morgan fingerprint density at radius 3 is 2.47 bits per heavy atom. The molecule has 2 aromatic carbocycles. The monoisotopic (exact) mass is 449 g/mol. The van der Waals surface area contributed by atoms with E-state index in [1.807, 2.05) is 0 Å². The smallest absolute Gasteiger partial charge is 0.274 e. The first-order valence-corrected chi connectivity index (χ1v) is 10.9. The number of halogens is 1. The van der Waals surface area contributed by atoms with Crippen molar-refractivity contribution in [2.75, 3.05) is 16.2 Å². The number of anilines is 2. The molecule has 0 aliphatic carbocycles. The topological polar surface area (TPSA) is 110 Å². The molecule has 0 fully saturated rings. The standard InChI is InChI=1S/C19H16FN3O5S2/c1-13-16(4-2-5-17(13)23(25)26)21-18(24)12-22(15-9-7-14(20)8-10-15)30(27,28)19-6-3-11-29-19/h2-11H,12H2,1H3,(H,21,24). The van der Waals surface area contributed by atoms with Crippen molar-refractivity contribution >= 4 is 44.3 Å². The van der Waals surface area contributed by atoms with Crippen LogP contribution in [0.3, 0.4) is 0 Å². The number of thiophene rings is 1. The van der Waals surface area contributed by atoms with Crippen molar-refractivity contribution < 1.29 is 22.5 Å². The van der Waals surface area contributed by atoms with Gasteiger partial charge in [0.2, 0.25) is 5.91 Å². The minimum absolute atomic E-state index is 0.0196. The molecule has 30 heavy (non-hydrogen) atoms. The molecule has 0 unspecified atom stereocenters. The molecule has 1 heterocycles. The molecule has 0 saturated heterocycles. The lowest BCUT2D eigenvalue weighted by atomic mass is 10.1. The van der Waals surface area contributed by atoms with E-state index in [0.29, 0.717) is 0 Å². The van der Waals surface area contributed by atoms with Crippen LogP contribution in [-0.4, -0.2) is 25.8 Å². The summed E-state index contributed by atoms with van der Waals surface area (Å²) in [5.41, 5.74) is 0.372. The summed E-state index contributed by atoms with van der Waals surface area (Å²) in [6.45, 7) is 0.877. The zero-order chi connectivity index (χ0) is 21.9. The van der Waals surface area contributed by atoms with Gasteiger partial charge in [0, 0.05) is 6.07 Å². The van der Waals surface area contributed by atoms with Crippen LogP contribution >= 0.6 is 11.3 Å². The van der Waals surface area contributed by atoms with Gasteiger partial charge in [0.15, 0.2) is 0 Å². The van der Waals surface area contributed by atoms with Crippen molar-refractivity contribution in [1.82, 2.24) is 0 Å². The molecule has 0 aliphatic rings. The van der Waals surface area contributed by atoms with E-state index in [2.05, 4.69) is 5.32 Å². The molecule has 0 radical (unpaired) electrons. The van der Waals surface area contributed by atoms with E-state index in [1.54, 1.807) is 11.4 Å². The van der Waals surface area contributed by atoms with Gasteiger partial charge in [-0.25, -0.2) is 12.8 Å². The Labute approximate surface area is 175 Å². The third kappa shape index (κ3) is 4.47. The van der Waals surface area contributed by atoms with Gasteiger partial charge in [-0.2, -0.15) is 0 Å². The van der Waals surface area contributed by atoms with Gasteiger partial charge in [-0.05, 0) is 48.7 Å². The Hall–Kier alpha value is -3.31. The lowest BCUT2D eigenvalue weighted by molar-refractivity contribution is -0.385. The number of amides is 1. The maximum absolute atomic E-state index is 13.3. The second-order valence-electron chi connectivity index (χ2n) is 6.18. The minimum Gasteiger partial charge on any atom is -0.324 e. The second kappa shape index (κ2) is 8.59. The highest BCUT2D eigenvalue weighted by Crippen LogP contribution is 2.28. The van der Waals surface area contributed by atoms with Crippen LogP contribution in [0.1, 0.15) is 5.56 Å². The highest BCUT2D eigenvalue weighted by atomic mass is 32.2. The van der Waals surface area contributed by atoms with Crippen molar-refractivity contribution in [2.45, 2.75) is 11.1 Å². The summed E-state index contributed by atoms with van der Waals surface area (Å²) in [6.07, 6.45) is 0. The van der Waals surface area contributed by atoms with Gasteiger partial charge >= 0.3 is 0 Å². The summed E-state index contributed by atoms with van der Waals surface area (Å²) < 4.78 is 40.3. The number of nitro groups is 1. The largest absolute Gasteiger partial charge is 0.324 e. The molecular formula is C19H16FN3O5S2. The van der Waals surface area contributed by atoms with Gasteiger partial charge in [0.05, 0.1) is 21.9 Å². The van der Waals surface area contributed by atoms with E-state index in [1.165, 1.54) is 43.3 Å². The summed E-state index contributed by atoms with van der Waals surface area (Å²) in [5, 5.41) is 15.2. The molecule has 0 saturated carbocycles. The van der Waals surface area contributed by atoms with E-state index in [0.717, 1.165) is 27.8 Å². The molecule has 0 spiro atoms. The van der Waals surface area contributed by atoms with Gasteiger partial charge in [0.25, 0.3) is 15.7 Å². The fourth-order valence-corrected chi connectivity index (χ4v) is 5.24. The van der Waals surface area contributed by atoms with Crippen molar-refractivity contribution in [3.63, 3.8) is 0 Å². The predicted molar refractivity (Wildman–Crippen MR) is 112 cm³/mol. The number of sulfonamides is 1. The fourth-order valence-electron chi connectivity index (χ4n) is 2.72. The molecule has 3 aromatic rings. The van der Waals surface area contributed by atoms with Gasteiger partial charge in [-0.1, -0.05) is 12.1 Å². The number of hydrogen-bond acceptors (Lipinski definition) is 6. The molecule has 3 rings (SSSR count). The number of rotatable bonds is 7. The average molecular weight is 449 g/mol. The third-order valence-corrected chi connectivity index (χ3v) is 7.36. The van der Waals surface area contributed by atoms with Crippen molar-refractivity contribution in [3.8, 4) is 0 Å². The Morgan fingerprint density at radius 2 is 1.87 bits per heavy atom. The van der Waals surface area contributed by atoms with Gasteiger partial charge in [-0.15, -0.1) is 11.3 Å². The van der Waals surface area contributed by atoms with Crippen molar-refractivity contribution in [1.29, 1.82) is 0 Å². The molecule has 11 heteroatoms. The quantitative estimate of drug-likeness (QED) is 0.434. The summed E-state index contributed by atoms with van der Waals surface area (Å²) in [6, 6.07) is 11.9. The molecule has 1 N–H and O–H groups in total. The van der Waals surface area contributed by atoms with E-state index in [9.17, 15) is 27.7 Å². The van der Waals surface area contributed by atoms with Gasteiger partial charge in [-0.3, -0.25) is 19.2 Å². The lowest BCUT2D eigenvalue weighted by Crippen LogP contribution is -2.38. The van der Waals surface area contributed by atoms with Crippen molar-refractivity contribution in [3.05, 3.63) is 81.5 Å². The number of nitrogens with zero attached hydrogens (tertiary/aromatic N) is 2. The molecule has 0 aliphatic heterocycles. The molecule has 1 amide bonds. The van der Waals surface area contributed by atoms with Crippen LogP contribution in [0.2, 0.25) is 0 Å². The summed E-state index contributed by atoms with van der Waals surface area (Å²) in [5.74, 6) is -1.26. The number of carbonyl (C=O) groups excluding carboxylic acids is 1. The summed E-state index contributed by atoms with van der Waals surface area (Å²) in [4.78, 5) is 23.2. The summed E-state index contributed by atoms with van der Waals surface area (Å²) in [7, 11) is -4.08. The first kappa shape index (κ1) is 21.4. The van der Waals surface area contributed by atoms with Gasteiger partial charge in [0.1, 0.15) is 16.6 Å². The minimum atomic E-state index is -4.08. The van der Waals surface area contributed by atoms with Crippen molar-refractivity contribution in [2.24, 2.45) is 0 Å². The molecule has 156 valence electrons. The number of benzene rings is 2. The zero-order valence-corrected chi connectivity index (χ0v) is 17.2. The summed E-state index contributed by atoms with van der Waals surface area (Å²) >= 11 is 0.984. The van der Waals surface area contributed by atoms with Crippen LogP contribution in [0.25, 0.3) is 0 Å². The average Bonchev–Trinajstić information content (AvgIpc) is 3.24. The third-order valence-electron chi connectivity index (χ3n) is 4.22. The van der Waals surface area contributed by atoms with Crippen LogP contribution in [0.4, 0.5) is 21.5 Å².